The van der Waals surface area contributed by atoms with Crippen molar-refractivity contribution in [2.75, 3.05) is 16.8 Å². The van der Waals surface area contributed by atoms with Gasteiger partial charge in [0.2, 0.25) is 0 Å². The monoisotopic (exact) mass is 293 g/mol. The topological polar surface area (TPSA) is 46.2 Å². The van der Waals surface area contributed by atoms with Crippen LogP contribution in [-0.4, -0.2) is 26.0 Å². The second-order valence-corrected chi connectivity index (χ2v) is 7.29. The molecule has 1 fully saturated rings. The average Bonchev–Trinajstić information content (AvgIpc) is 2.21. The minimum atomic E-state index is -2.90. The first-order valence-electron chi connectivity index (χ1n) is 5.38. The molecule has 94 valence electrons. The number of hydrogen-bond acceptors (Lipinski definition) is 3. The Hall–Kier alpha value is -0.450. The Labute approximate surface area is 111 Å². The summed E-state index contributed by atoms with van der Waals surface area (Å²) in [5.41, 5.74) is 0.734. The van der Waals surface area contributed by atoms with E-state index < -0.39 is 9.84 Å². The maximum absolute atomic E-state index is 11.5. The van der Waals surface area contributed by atoms with Gasteiger partial charge >= 0.3 is 0 Å². The van der Waals surface area contributed by atoms with Gasteiger partial charge in [0.25, 0.3) is 0 Å². The molecule has 6 heteroatoms. The lowest BCUT2D eigenvalue weighted by atomic mass is 10.1. The van der Waals surface area contributed by atoms with Gasteiger partial charge in [0.15, 0.2) is 9.84 Å². The summed E-state index contributed by atoms with van der Waals surface area (Å²) in [7, 11) is -2.90. The number of sulfone groups is 1. The van der Waals surface area contributed by atoms with Crippen LogP contribution in [0.15, 0.2) is 18.2 Å². The molecule has 0 saturated carbocycles. The molecule has 0 bridgehead atoms. The summed E-state index contributed by atoms with van der Waals surface area (Å²) < 4.78 is 23.0. The standard InChI is InChI=1S/C11H13Cl2NO2S/c12-8-3-4-11(10(13)6-8)14-9-2-1-5-17(15,16)7-9/h3-4,6,9,14H,1-2,5,7H2. The van der Waals surface area contributed by atoms with Gasteiger partial charge in [-0.15, -0.1) is 0 Å². The predicted molar refractivity (Wildman–Crippen MR) is 71.8 cm³/mol. The van der Waals surface area contributed by atoms with Crippen molar-refractivity contribution in [3.8, 4) is 0 Å². The third kappa shape index (κ3) is 3.50. The molecule has 1 aromatic rings. The van der Waals surface area contributed by atoms with Gasteiger partial charge in [0, 0.05) is 11.1 Å². The summed E-state index contributed by atoms with van der Waals surface area (Å²) in [5.74, 6) is 0.464. The Morgan fingerprint density at radius 1 is 1.29 bits per heavy atom. The smallest absolute Gasteiger partial charge is 0.152 e. The Morgan fingerprint density at radius 2 is 2.06 bits per heavy atom. The van der Waals surface area contributed by atoms with Crippen LogP contribution in [-0.2, 0) is 9.84 Å². The van der Waals surface area contributed by atoms with Crippen LogP contribution in [0.2, 0.25) is 10.0 Å². The van der Waals surface area contributed by atoms with Crippen LogP contribution in [0.5, 0.6) is 0 Å². The fraction of sp³-hybridized carbons (Fsp3) is 0.455. The van der Waals surface area contributed by atoms with Crippen LogP contribution >= 0.6 is 23.2 Å². The molecule has 1 aliphatic rings. The van der Waals surface area contributed by atoms with Crippen molar-refractivity contribution in [2.24, 2.45) is 0 Å². The molecular weight excluding hydrogens is 281 g/mol. The highest BCUT2D eigenvalue weighted by Crippen LogP contribution is 2.27. The normalized spacial score (nSPS) is 23.3. The number of hydrogen-bond donors (Lipinski definition) is 1. The minimum absolute atomic E-state index is 0.0626. The van der Waals surface area contributed by atoms with E-state index in [2.05, 4.69) is 5.32 Å². The lowest BCUT2D eigenvalue weighted by Gasteiger charge is -2.24. The second-order valence-electron chi connectivity index (χ2n) is 4.22. The van der Waals surface area contributed by atoms with Gasteiger partial charge in [0.1, 0.15) is 0 Å². The first-order valence-corrected chi connectivity index (χ1v) is 7.96. The molecule has 1 aliphatic heterocycles. The molecular formula is C11H13Cl2NO2S. The van der Waals surface area contributed by atoms with E-state index in [0.29, 0.717) is 22.2 Å². The van der Waals surface area contributed by atoms with Crippen LogP contribution < -0.4 is 5.32 Å². The molecule has 2 rings (SSSR count). The Kier molecular flexibility index (Phi) is 3.85. The van der Waals surface area contributed by atoms with Gasteiger partial charge in [-0.3, -0.25) is 0 Å². The maximum atomic E-state index is 11.5. The fourth-order valence-corrected chi connectivity index (χ4v) is 4.06. The van der Waals surface area contributed by atoms with Crippen LogP contribution in [0.25, 0.3) is 0 Å². The van der Waals surface area contributed by atoms with Crippen molar-refractivity contribution < 1.29 is 8.42 Å². The van der Waals surface area contributed by atoms with Crippen molar-refractivity contribution in [3.05, 3.63) is 28.2 Å². The summed E-state index contributed by atoms with van der Waals surface area (Å²) in [5, 5.41) is 4.24. The lowest BCUT2D eigenvalue weighted by molar-refractivity contribution is 0.562. The van der Waals surface area contributed by atoms with Crippen molar-refractivity contribution in [1.29, 1.82) is 0 Å². The summed E-state index contributed by atoms with van der Waals surface area (Å²) in [6.07, 6.45) is 1.55. The van der Waals surface area contributed by atoms with E-state index in [1.54, 1.807) is 18.2 Å². The van der Waals surface area contributed by atoms with Gasteiger partial charge in [0.05, 0.1) is 22.2 Å². The molecule has 1 atom stereocenters. The Bertz CT molecular complexity index is 516. The quantitative estimate of drug-likeness (QED) is 0.912. The molecule has 3 nitrogen and oxygen atoms in total. The molecule has 1 N–H and O–H groups in total. The number of anilines is 1. The number of nitrogens with one attached hydrogen (secondary N) is 1. The van der Waals surface area contributed by atoms with Crippen molar-refractivity contribution >= 4 is 38.7 Å². The highest BCUT2D eigenvalue weighted by atomic mass is 35.5. The molecule has 0 aromatic heterocycles. The molecule has 1 heterocycles. The summed E-state index contributed by atoms with van der Waals surface area (Å²) >= 11 is 11.8. The first-order chi connectivity index (χ1) is 7.96. The van der Waals surface area contributed by atoms with E-state index in [9.17, 15) is 8.42 Å². The number of rotatable bonds is 2. The fourth-order valence-electron chi connectivity index (χ4n) is 1.96. The zero-order valence-electron chi connectivity index (χ0n) is 9.12. The first kappa shape index (κ1) is 13.0. The largest absolute Gasteiger partial charge is 0.380 e. The highest BCUT2D eigenvalue weighted by molar-refractivity contribution is 7.91. The SMILES string of the molecule is O=S1(=O)CCCC(Nc2ccc(Cl)cc2Cl)C1. The molecule has 0 aliphatic carbocycles. The molecule has 0 radical (unpaired) electrons. The molecule has 0 spiro atoms. The van der Waals surface area contributed by atoms with Crippen molar-refractivity contribution in [1.82, 2.24) is 0 Å². The second kappa shape index (κ2) is 5.04. The minimum Gasteiger partial charge on any atom is -0.380 e. The van der Waals surface area contributed by atoms with Crippen molar-refractivity contribution in [2.45, 2.75) is 18.9 Å². The van der Waals surface area contributed by atoms with Gasteiger partial charge in [-0.1, -0.05) is 23.2 Å². The van der Waals surface area contributed by atoms with E-state index in [1.807, 2.05) is 0 Å². The van der Waals surface area contributed by atoms with Gasteiger partial charge < -0.3 is 5.32 Å². The molecule has 1 aromatic carbocycles. The Balaban J connectivity index is 2.10. The van der Waals surface area contributed by atoms with E-state index in [1.165, 1.54) is 0 Å². The van der Waals surface area contributed by atoms with Crippen molar-refractivity contribution in [3.63, 3.8) is 0 Å². The zero-order chi connectivity index (χ0) is 12.5. The highest BCUT2D eigenvalue weighted by Gasteiger charge is 2.24. The summed E-state index contributed by atoms with van der Waals surface area (Å²) in [6.45, 7) is 0. The number of halogens is 2. The summed E-state index contributed by atoms with van der Waals surface area (Å²) in [6, 6.07) is 5.08. The van der Waals surface area contributed by atoms with E-state index in [-0.39, 0.29) is 11.8 Å². The van der Waals surface area contributed by atoms with Crippen LogP contribution in [0.4, 0.5) is 5.69 Å². The van der Waals surface area contributed by atoms with Crippen LogP contribution in [0, 0.1) is 0 Å². The van der Waals surface area contributed by atoms with E-state index >= 15 is 0 Å². The molecule has 1 saturated heterocycles. The maximum Gasteiger partial charge on any atom is 0.152 e. The summed E-state index contributed by atoms with van der Waals surface area (Å²) in [4.78, 5) is 0. The molecule has 1 unspecified atom stereocenters. The molecule has 17 heavy (non-hydrogen) atoms. The predicted octanol–water partition coefficient (Wildman–Crippen LogP) is 2.98. The van der Waals surface area contributed by atoms with Crippen LogP contribution in [0.3, 0.4) is 0 Å². The van der Waals surface area contributed by atoms with Crippen LogP contribution in [0.1, 0.15) is 12.8 Å². The van der Waals surface area contributed by atoms with E-state index in [0.717, 1.165) is 12.1 Å². The zero-order valence-corrected chi connectivity index (χ0v) is 11.4. The molecule has 0 amide bonds. The van der Waals surface area contributed by atoms with Gasteiger partial charge in [-0.2, -0.15) is 0 Å². The third-order valence-corrected chi connectivity index (χ3v) is 5.12. The third-order valence-electron chi connectivity index (χ3n) is 2.75. The lowest BCUT2D eigenvalue weighted by Crippen LogP contribution is -2.34. The van der Waals surface area contributed by atoms with E-state index in [4.69, 9.17) is 23.2 Å². The number of benzene rings is 1. The average molecular weight is 294 g/mol. The van der Waals surface area contributed by atoms with Gasteiger partial charge in [-0.05, 0) is 31.0 Å². The Morgan fingerprint density at radius 3 is 2.71 bits per heavy atom. The van der Waals surface area contributed by atoms with Gasteiger partial charge in [-0.25, -0.2) is 8.42 Å².